The Balaban J connectivity index is 1.50. The molecule has 5 nitrogen and oxygen atoms in total. The number of hydrogen-bond acceptors (Lipinski definition) is 5. The first kappa shape index (κ1) is 18.6. The van der Waals surface area contributed by atoms with Crippen LogP contribution in [0.3, 0.4) is 0 Å². The van der Waals surface area contributed by atoms with Crippen LogP contribution in [-0.4, -0.2) is 45.4 Å². The van der Waals surface area contributed by atoms with Crippen LogP contribution in [0.2, 0.25) is 0 Å². The zero-order valence-corrected chi connectivity index (χ0v) is 16.0. The van der Waals surface area contributed by atoms with Crippen molar-refractivity contribution in [2.24, 2.45) is 5.92 Å². The molecule has 26 heavy (non-hydrogen) atoms. The monoisotopic (exact) mass is 369 g/mol. The molecule has 1 aliphatic heterocycles. The number of piperidine rings is 1. The minimum atomic E-state index is 0.0110. The number of likely N-dealkylation sites (tertiary alicyclic amines) is 1. The molecule has 136 valence electrons. The summed E-state index contributed by atoms with van der Waals surface area (Å²) in [6.45, 7) is 5.12. The lowest BCUT2D eigenvalue weighted by Crippen LogP contribution is -2.41. The molecule has 0 bridgehead atoms. The van der Waals surface area contributed by atoms with Crippen LogP contribution in [0.15, 0.2) is 41.6 Å². The summed E-state index contributed by atoms with van der Waals surface area (Å²) < 4.78 is 0. The number of Topliss-reactive ketones (excluding diaryl/α,β-unsaturated/α-hetero) is 1. The van der Waals surface area contributed by atoms with Crippen LogP contribution in [0.1, 0.15) is 34.6 Å². The van der Waals surface area contributed by atoms with Crippen LogP contribution in [0.4, 0.5) is 0 Å². The second-order valence-corrected chi connectivity index (χ2v) is 7.55. The van der Waals surface area contributed by atoms with Gasteiger partial charge in [0.2, 0.25) is 5.91 Å². The highest BCUT2D eigenvalue weighted by Crippen LogP contribution is 2.23. The summed E-state index contributed by atoms with van der Waals surface area (Å²) in [5.74, 6) is 0.621. The van der Waals surface area contributed by atoms with E-state index < -0.39 is 0 Å². The van der Waals surface area contributed by atoms with Gasteiger partial charge in [-0.2, -0.15) is 0 Å². The van der Waals surface area contributed by atoms with E-state index in [9.17, 15) is 9.59 Å². The third-order valence-electron chi connectivity index (χ3n) is 4.56. The second kappa shape index (κ2) is 8.45. The van der Waals surface area contributed by atoms with E-state index in [0.29, 0.717) is 24.0 Å². The number of carbonyl (C=O) groups is 2. The standard InChI is InChI=1S/C20H23N3O2S/c1-14-12-15(2)22-20(21-14)26-13-18(24)23-10-8-17(9-11-23)19(25)16-6-4-3-5-7-16/h3-7,12,17H,8-11,13H2,1-2H3. The third kappa shape index (κ3) is 4.69. The number of aromatic nitrogens is 2. The minimum absolute atomic E-state index is 0.0110. The number of amides is 1. The van der Waals surface area contributed by atoms with E-state index in [4.69, 9.17) is 0 Å². The van der Waals surface area contributed by atoms with E-state index in [2.05, 4.69) is 9.97 Å². The van der Waals surface area contributed by atoms with E-state index in [1.807, 2.05) is 55.1 Å². The van der Waals surface area contributed by atoms with Crippen molar-refractivity contribution >= 4 is 23.5 Å². The zero-order chi connectivity index (χ0) is 18.5. The van der Waals surface area contributed by atoms with Gasteiger partial charge in [0.25, 0.3) is 0 Å². The van der Waals surface area contributed by atoms with Crippen molar-refractivity contribution in [2.45, 2.75) is 31.8 Å². The van der Waals surface area contributed by atoms with Crippen molar-refractivity contribution in [3.05, 3.63) is 53.3 Å². The maximum absolute atomic E-state index is 12.5. The van der Waals surface area contributed by atoms with Gasteiger partial charge in [-0.3, -0.25) is 9.59 Å². The highest BCUT2D eigenvalue weighted by atomic mass is 32.2. The van der Waals surface area contributed by atoms with Gasteiger partial charge in [-0.1, -0.05) is 42.1 Å². The molecule has 0 atom stereocenters. The number of nitrogens with zero attached hydrogens (tertiary/aromatic N) is 3. The lowest BCUT2D eigenvalue weighted by atomic mass is 9.89. The van der Waals surface area contributed by atoms with Gasteiger partial charge in [0.1, 0.15) is 0 Å². The Bertz CT molecular complexity index is 767. The lowest BCUT2D eigenvalue weighted by molar-refractivity contribution is -0.129. The molecule has 0 radical (unpaired) electrons. The zero-order valence-electron chi connectivity index (χ0n) is 15.1. The molecule has 0 unspecified atom stereocenters. The Morgan fingerprint density at radius 3 is 2.31 bits per heavy atom. The fourth-order valence-corrected chi connectivity index (χ4v) is 4.06. The van der Waals surface area contributed by atoms with Crippen LogP contribution in [-0.2, 0) is 4.79 Å². The smallest absolute Gasteiger partial charge is 0.233 e. The van der Waals surface area contributed by atoms with Crippen molar-refractivity contribution in [1.82, 2.24) is 14.9 Å². The molecular weight excluding hydrogens is 346 g/mol. The first-order chi connectivity index (χ1) is 12.5. The first-order valence-corrected chi connectivity index (χ1v) is 9.83. The largest absolute Gasteiger partial charge is 0.342 e. The molecule has 1 aliphatic rings. The lowest BCUT2D eigenvalue weighted by Gasteiger charge is -2.31. The summed E-state index contributed by atoms with van der Waals surface area (Å²) in [6.07, 6.45) is 1.45. The quantitative estimate of drug-likeness (QED) is 0.460. The normalized spacial score (nSPS) is 15.1. The average molecular weight is 369 g/mol. The van der Waals surface area contributed by atoms with Crippen LogP contribution in [0.5, 0.6) is 0 Å². The molecule has 1 fully saturated rings. The Hall–Kier alpha value is -2.21. The van der Waals surface area contributed by atoms with E-state index in [1.165, 1.54) is 11.8 Å². The molecule has 1 amide bonds. The minimum Gasteiger partial charge on any atom is -0.342 e. The molecule has 1 aromatic heterocycles. The number of carbonyl (C=O) groups excluding carboxylic acids is 2. The SMILES string of the molecule is Cc1cc(C)nc(SCC(=O)N2CCC(C(=O)c3ccccc3)CC2)n1. The van der Waals surface area contributed by atoms with Crippen molar-refractivity contribution < 1.29 is 9.59 Å². The van der Waals surface area contributed by atoms with Crippen molar-refractivity contribution in [1.29, 1.82) is 0 Å². The van der Waals surface area contributed by atoms with Gasteiger partial charge < -0.3 is 4.90 Å². The second-order valence-electron chi connectivity index (χ2n) is 6.61. The highest BCUT2D eigenvalue weighted by Gasteiger charge is 2.27. The summed E-state index contributed by atoms with van der Waals surface area (Å²) in [5.41, 5.74) is 2.58. The van der Waals surface area contributed by atoms with E-state index in [-0.39, 0.29) is 17.6 Å². The Morgan fingerprint density at radius 2 is 1.69 bits per heavy atom. The van der Waals surface area contributed by atoms with Gasteiger partial charge in [0.05, 0.1) is 5.75 Å². The molecule has 6 heteroatoms. The van der Waals surface area contributed by atoms with E-state index in [0.717, 1.165) is 29.8 Å². The van der Waals surface area contributed by atoms with Gasteiger partial charge in [-0.15, -0.1) is 0 Å². The van der Waals surface area contributed by atoms with Gasteiger partial charge in [-0.25, -0.2) is 9.97 Å². The van der Waals surface area contributed by atoms with Crippen molar-refractivity contribution in [3.8, 4) is 0 Å². The average Bonchev–Trinajstić information content (AvgIpc) is 2.65. The highest BCUT2D eigenvalue weighted by molar-refractivity contribution is 7.99. The summed E-state index contributed by atoms with van der Waals surface area (Å²) in [4.78, 5) is 35.5. The molecule has 2 heterocycles. The van der Waals surface area contributed by atoms with Gasteiger partial charge in [0.15, 0.2) is 10.9 Å². The number of aryl methyl sites for hydroxylation is 2. The predicted octanol–water partition coefficient (Wildman–Crippen LogP) is 3.31. The maximum Gasteiger partial charge on any atom is 0.233 e. The van der Waals surface area contributed by atoms with Crippen LogP contribution < -0.4 is 0 Å². The molecule has 0 spiro atoms. The molecule has 2 aromatic rings. The third-order valence-corrected chi connectivity index (χ3v) is 5.40. The number of thioether (sulfide) groups is 1. The van der Waals surface area contributed by atoms with Gasteiger partial charge in [-0.05, 0) is 32.8 Å². The van der Waals surface area contributed by atoms with E-state index >= 15 is 0 Å². The number of hydrogen-bond donors (Lipinski definition) is 0. The summed E-state index contributed by atoms with van der Waals surface area (Å²) in [6, 6.07) is 11.3. The Morgan fingerprint density at radius 1 is 1.08 bits per heavy atom. The molecule has 1 aromatic carbocycles. The molecular formula is C20H23N3O2S. The van der Waals surface area contributed by atoms with Gasteiger partial charge in [0, 0.05) is 36.0 Å². The van der Waals surface area contributed by atoms with Crippen LogP contribution in [0, 0.1) is 19.8 Å². The van der Waals surface area contributed by atoms with Crippen molar-refractivity contribution in [2.75, 3.05) is 18.8 Å². The van der Waals surface area contributed by atoms with Crippen LogP contribution in [0.25, 0.3) is 0 Å². The summed E-state index contributed by atoms with van der Waals surface area (Å²) >= 11 is 1.37. The topological polar surface area (TPSA) is 63.2 Å². The molecule has 0 aliphatic carbocycles. The number of ketones is 1. The Labute approximate surface area is 158 Å². The predicted molar refractivity (Wildman–Crippen MR) is 102 cm³/mol. The van der Waals surface area contributed by atoms with E-state index in [1.54, 1.807) is 0 Å². The summed E-state index contributed by atoms with van der Waals surface area (Å²) in [5, 5.41) is 0.644. The number of benzene rings is 1. The Kier molecular flexibility index (Phi) is 6.04. The van der Waals surface area contributed by atoms with Gasteiger partial charge >= 0.3 is 0 Å². The molecule has 1 saturated heterocycles. The van der Waals surface area contributed by atoms with Crippen molar-refractivity contribution in [3.63, 3.8) is 0 Å². The fraction of sp³-hybridized carbons (Fsp3) is 0.400. The number of rotatable bonds is 5. The fourth-order valence-electron chi connectivity index (χ4n) is 3.20. The molecule has 0 N–H and O–H groups in total. The molecule has 0 saturated carbocycles. The van der Waals surface area contributed by atoms with Crippen LogP contribution >= 0.6 is 11.8 Å². The summed E-state index contributed by atoms with van der Waals surface area (Å²) in [7, 11) is 0. The maximum atomic E-state index is 12.5. The molecule has 3 rings (SSSR count). The first-order valence-electron chi connectivity index (χ1n) is 8.85.